The van der Waals surface area contributed by atoms with Crippen molar-refractivity contribution in [3.05, 3.63) is 65.2 Å². The minimum Gasteiger partial charge on any atom is -0.493 e. The molecule has 6 nitrogen and oxygen atoms in total. The maximum atomic E-state index is 12.1. The molecule has 0 aliphatic rings. The quantitative estimate of drug-likeness (QED) is 0.473. The van der Waals surface area contributed by atoms with E-state index < -0.39 is 0 Å². The average Bonchev–Trinajstić information content (AvgIpc) is 2.76. The van der Waals surface area contributed by atoms with Gasteiger partial charge in [0, 0.05) is 33.3 Å². The molecule has 0 heterocycles. The van der Waals surface area contributed by atoms with E-state index in [4.69, 9.17) is 4.74 Å². The predicted octanol–water partition coefficient (Wildman–Crippen LogP) is 3.89. The van der Waals surface area contributed by atoms with E-state index in [-0.39, 0.29) is 11.9 Å². The molecule has 0 aliphatic heterocycles. The standard InChI is InChI=1S/C25H36N4O2/c1-18(2)17-31-23-12-10-21(11-13-23)19(3)28-25(26-4)27-15-14-20-8-7-9-22(16-20)24(30)29(5)6/h7-13,16,18-19H,14-15,17H2,1-6H3,(H2,26,27,28). The topological polar surface area (TPSA) is 66.0 Å². The smallest absolute Gasteiger partial charge is 0.253 e. The van der Waals surface area contributed by atoms with Gasteiger partial charge in [0.1, 0.15) is 5.75 Å². The van der Waals surface area contributed by atoms with Crippen LogP contribution in [0.3, 0.4) is 0 Å². The van der Waals surface area contributed by atoms with E-state index in [0.29, 0.717) is 18.0 Å². The normalized spacial score (nSPS) is 12.4. The molecule has 2 N–H and O–H groups in total. The summed E-state index contributed by atoms with van der Waals surface area (Å²) in [7, 11) is 5.29. The summed E-state index contributed by atoms with van der Waals surface area (Å²) in [5.74, 6) is 2.16. The van der Waals surface area contributed by atoms with Crippen molar-refractivity contribution < 1.29 is 9.53 Å². The number of hydrogen-bond donors (Lipinski definition) is 2. The van der Waals surface area contributed by atoms with Gasteiger partial charge in [-0.15, -0.1) is 0 Å². The monoisotopic (exact) mass is 424 g/mol. The number of carbonyl (C=O) groups is 1. The molecule has 0 aromatic heterocycles. The summed E-state index contributed by atoms with van der Waals surface area (Å²) >= 11 is 0. The van der Waals surface area contributed by atoms with Crippen LogP contribution in [-0.4, -0.2) is 51.1 Å². The molecule has 2 aromatic rings. The highest BCUT2D eigenvalue weighted by Crippen LogP contribution is 2.18. The fraction of sp³-hybridized carbons (Fsp3) is 0.440. The molecule has 31 heavy (non-hydrogen) atoms. The lowest BCUT2D eigenvalue weighted by Gasteiger charge is -2.19. The first-order chi connectivity index (χ1) is 14.8. The molecule has 6 heteroatoms. The zero-order valence-electron chi connectivity index (χ0n) is 19.6. The summed E-state index contributed by atoms with van der Waals surface area (Å²) in [6, 6.07) is 16.0. The Kier molecular flexibility index (Phi) is 9.38. The minimum absolute atomic E-state index is 0.0155. The molecule has 1 unspecified atom stereocenters. The highest BCUT2D eigenvalue weighted by atomic mass is 16.5. The van der Waals surface area contributed by atoms with Crippen molar-refractivity contribution in [2.45, 2.75) is 33.2 Å². The van der Waals surface area contributed by atoms with Gasteiger partial charge in [-0.3, -0.25) is 9.79 Å². The largest absolute Gasteiger partial charge is 0.493 e. The molecular weight excluding hydrogens is 388 g/mol. The van der Waals surface area contributed by atoms with E-state index in [2.05, 4.69) is 48.5 Å². The van der Waals surface area contributed by atoms with Crippen molar-refractivity contribution in [2.24, 2.45) is 10.9 Å². The molecule has 168 valence electrons. The Bertz CT molecular complexity index is 860. The molecule has 0 saturated carbocycles. The third-order valence-electron chi connectivity index (χ3n) is 4.83. The lowest BCUT2D eigenvalue weighted by Crippen LogP contribution is -2.39. The van der Waals surface area contributed by atoms with Crippen molar-refractivity contribution in [1.82, 2.24) is 15.5 Å². The zero-order chi connectivity index (χ0) is 22.8. The number of ether oxygens (including phenoxy) is 1. The van der Waals surface area contributed by atoms with Gasteiger partial charge in [0.2, 0.25) is 0 Å². The number of guanidine groups is 1. The Morgan fingerprint density at radius 2 is 1.81 bits per heavy atom. The molecule has 0 spiro atoms. The number of benzene rings is 2. The molecule has 0 fully saturated rings. The summed E-state index contributed by atoms with van der Waals surface area (Å²) in [5, 5.41) is 6.77. The lowest BCUT2D eigenvalue weighted by atomic mass is 10.1. The van der Waals surface area contributed by atoms with Gasteiger partial charge in [-0.1, -0.05) is 38.1 Å². The Hall–Kier alpha value is -3.02. The van der Waals surface area contributed by atoms with Crippen molar-refractivity contribution in [3.8, 4) is 5.75 Å². The van der Waals surface area contributed by atoms with Gasteiger partial charge in [-0.05, 0) is 54.7 Å². The lowest BCUT2D eigenvalue weighted by molar-refractivity contribution is 0.0827. The maximum absolute atomic E-state index is 12.1. The zero-order valence-corrected chi connectivity index (χ0v) is 19.6. The van der Waals surface area contributed by atoms with Gasteiger partial charge in [-0.2, -0.15) is 0 Å². The summed E-state index contributed by atoms with van der Waals surface area (Å²) in [5.41, 5.74) is 2.98. The van der Waals surface area contributed by atoms with Gasteiger partial charge in [0.25, 0.3) is 5.91 Å². The van der Waals surface area contributed by atoms with Crippen LogP contribution in [0.15, 0.2) is 53.5 Å². The Morgan fingerprint density at radius 3 is 2.42 bits per heavy atom. The van der Waals surface area contributed by atoms with E-state index in [0.717, 1.165) is 35.9 Å². The number of nitrogens with one attached hydrogen (secondary N) is 2. The second-order valence-corrected chi connectivity index (χ2v) is 8.29. The molecule has 1 atom stereocenters. The number of carbonyl (C=O) groups excluding carboxylic acids is 1. The third-order valence-corrected chi connectivity index (χ3v) is 4.83. The SMILES string of the molecule is CN=C(NCCc1cccc(C(=O)N(C)C)c1)NC(C)c1ccc(OCC(C)C)cc1. The van der Waals surface area contributed by atoms with Crippen LogP contribution >= 0.6 is 0 Å². The van der Waals surface area contributed by atoms with Crippen molar-refractivity contribution in [1.29, 1.82) is 0 Å². The summed E-state index contributed by atoms with van der Waals surface area (Å²) in [6.07, 6.45) is 0.797. The average molecular weight is 425 g/mol. The molecule has 0 saturated heterocycles. The predicted molar refractivity (Wildman–Crippen MR) is 128 cm³/mol. The summed E-state index contributed by atoms with van der Waals surface area (Å²) in [4.78, 5) is 18.1. The van der Waals surface area contributed by atoms with Crippen LogP contribution in [0, 0.1) is 5.92 Å². The minimum atomic E-state index is 0.0155. The maximum Gasteiger partial charge on any atom is 0.253 e. The van der Waals surface area contributed by atoms with Gasteiger partial charge < -0.3 is 20.3 Å². The van der Waals surface area contributed by atoms with Crippen LogP contribution in [0.25, 0.3) is 0 Å². The second kappa shape index (κ2) is 12.0. The summed E-state index contributed by atoms with van der Waals surface area (Å²) in [6.45, 7) is 7.81. The van der Waals surface area contributed by atoms with Crippen molar-refractivity contribution in [3.63, 3.8) is 0 Å². The first-order valence-corrected chi connectivity index (χ1v) is 10.8. The number of nitrogens with zero attached hydrogens (tertiary/aromatic N) is 2. The number of amides is 1. The number of rotatable bonds is 9. The fourth-order valence-corrected chi connectivity index (χ4v) is 3.04. The van der Waals surface area contributed by atoms with Crippen molar-refractivity contribution >= 4 is 11.9 Å². The van der Waals surface area contributed by atoms with E-state index in [1.807, 2.05) is 36.4 Å². The van der Waals surface area contributed by atoms with Crippen LogP contribution in [0.4, 0.5) is 0 Å². The molecule has 0 bridgehead atoms. The van der Waals surface area contributed by atoms with E-state index in [1.54, 1.807) is 26.0 Å². The van der Waals surface area contributed by atoms with Crippen LogP contribution in [-0.2, 0) is 6.42 Å². The van der Waals surface area contributed by atoms with Gasteiger partial charge >= 0.3 is 0 Å². The van der Waals surface area contributed by atoms with Crippen LogP contribution < -0.4 is 15.4 Å². The summed E-state index contributed by atoms with van der Waals surface area (Å²) < 4.78 is 5.76. The van der Waals surface area contributed by atoms with Crippen molar-refractivity contribution in [2.75, 3.05) is 34.3 Å². The third kappa shape index (κ3) is 7.96. The van der Waals surface area contributed by atoms with Gasteiger partial charge in [0.15, 0.2) is 5.96 Å². The van der Waals surface area contributed by atoms with Gasteiger partial charge in [0.05, 0.1) is 12.6 Å². The number of aliphatic imine (C=N–C) groups is 1. The van der Waals surface area contributed by atoms with Crippen LogP contribution in [0.5, 0.6) is 5.75 Å². The molecule has 0 aliphatic carbocycles. The van der Waals surface area contributed by atoms with E-state index in [9.17, 15) is 4.79 Å². The Balaban J connectivity index is 1.86. The van der Waals surface area contributed by atoms with E-state index in [1.165, 1.54) is 0 Å². The Morgan fingerprint density at radius 1 is 1.10 bits per heavy atom. The number of hydrogen-bond acceptors (Lipinski definition) is 3. The molecule has 2 aromatic carbocycles. The second-order valence-electron chi connectivity index (χ2n) is 8.29. The fourth-order valence-electron chi connectivity index (χ4n) is 3.04. The van der Waals surface area contributed by atoms with Crippen LogP contribution in [0.1, 0.15) is 48.3 Å². The van der Waals surface area contributed by atoms with Crippen LogP contribution in [0.2, 0.25) is 0 Å². The van der Waals surface area contributed by atoms with E-state index >= 15 is 0 Å². The molecule has 2 rings (SSSR count). The Labute approximate surface area is 186 Å². The van der Waals surface area contributed by atoms with Gasteiger partial charge in [-0.25, -0.2) is 0 Å². The molecule has 0 radical (unpaired) electrons. The highest BCUT2D eigenvalue weighted by molar-refractivity contribution is 5.94. The highest BCUT2D eigenvalue weighted by Gasteiger charge is 2.10. The first kappa shape index (κ1) is 24.3. The first-order valence-electron chi connectivity index (χ1n) is 10.8. The molecular formula is C25H36N4O2. The molecule has 1 amide bonds.